The van der Waals surface area contributed by atoms with Crippen LogP contribution in [0.4, 0.5) is 5.82 Å². The van der Waals surface area contributed by atoms with Crippen LogP contribution >= 0.6 is 0 Å². The normalized spacial score (nSPS) is 11.9. The molecule has 0 bridgehead atoms. The lowest BCUT2D eigenvalue weighted by Gasteiger charge is -2.02. The topological polar surface area (TPSA) is 129 Å². The molecule has 0 saturated carbocycles. The van der Waals surface area contributed by atoms with Crippen LogP contribution in [0, 0.1) is 6.92 Å². The summed E-state index contributed by atoms with van der Waals surface area (Å²) in [7, 11) is -3.75. The molecule has 0 spiro atoms. The fraction of sp³-hybridized carbons (Fsp3) is 0.444. The molecular formula is C9H14N6O3S. The van der Waals surface area contributed by atoms with Crippen molar-refractivity contribution in [1.82, 2.24) is 24.6 Å². The highest BCUT2D eigenvalue weighted by molar-refractivity contribution is 7.89. The zero-order valence-electron chi connectivity index (χ0n) is 10.5. The first-order chi connectivity index (χ1) is 8.92. The van der Waals surface area contributed by atoms with Crippen molar-refractivity contribution in [3.05, 3.63) is 17.9 Å². The Labute approximate surface area is 109 Å². The Hall–Kier alpha value is -1.94. The maximum Gasteiger partial charge on any atom is 0.246 e. The number of nitrogens with zero attached hydrogens (tertiary/aromatic N) is 4. The number of aryl methyl sites for hydroxylation is 2. The largest absolute Gasteiger partial charge is 0.381 e. The number of nitrogens with one attached hydrogen (secondary N) is 1. The monoisotopic (exact) mass is 286 g/mol. The van der Waals surface area contributed by atoms with Crippen molar-refractivity contribution in [2.75, 3.05) is 5.73 Å². The maximum absolute atomic E-state index is 12.0. The van der Waals surface area contributed by atoms with Crippen LogP contribution in [0.25, 0.3) is 0 Å². The van der Waals surface area contributed by atoms with Crippen LogP contribution in [0.3, 0.4) is 0 Å². The van der Waals surface area contributed by atoms with E-state index in [2.05, 4.69) is 20.0 Å². The Kier molecular flexibility index (Phi) is 3.53. The lowest BCUT2D eigenvalue weighted by molar-refractivity contribution is 0.387. The van der Waals surface area contributed by atoms with Gasteiger partial charge in [0.25, 0.3) is 0 Å². The average Bonchev–Trinajstić information content (AvgIpc) is 2.93. The van der Waals surface area contributed by atoms with E-state index in [9.17, 15) is 8.42 Å². The maximum atomic E-state index is 12.0. The van der Waals surface area contributed by atoms with Crippen molar-refractivity contribution in [2.45, 2.75) is 31.8 Å². The summed E-state index contributed by atoms with van der Waals surface area (Å²) in [6.45, 7) is 3.91. The second-order valence-corrected chi connectivity index (χ2v) is 5.52. The van der Waals surface area contributed by atoms with E-state index in [0.717, 1.165) is 0 Å². The van der Waals surface area contributed by atoms with Crippen LogP contribution in [0.15, 0.2) is 15.6 Å². The van der Waals surface area contributed by atoms with Gasteiger partial charge in [0.1, 0.15) is 4.90 Å². The molecule has 19 heavy (non-hydrogen) atoms. The highest BCUT2D eigenvalue weighted by Gasteiger charge is 2.21. The van der Waals surface area contributed by atoms with Gasteiger partial charge in [0.15, 0.2) is 11.6 Å². The highest BCUT2D eigenvalue weighted by atomic mass is 32.2. The summed E-state index contributed by atoms with van der Waals surface area (Å²) in [5.74, 6) is 0.577. The first kappa shape index (κ1) is 13.5. The summed E-state index contributed by atoms with van der Waals surface area (Å²) in [5.41, 5.74) is 5.58. The molecule has 0 amide bonds. The lowest BCUT2D eigenvalue weighted by Crippen LogP contribution is -2.24. The number of anilines is 1. The van der Waals surface area contributed by atoms with Gasteiger partial charge in [-0.3, -0.25) is 4.68 Å². The standard InChI is InChI=1S/C9H14N6O3S/c1-3-15-5-7(9(10)13-15)19(16,17)11-4-8-12-6(2)18-14-8/h5,11H,3-4H2,1-2H3,(H2,10,13). The number of aromatic nitrogens is 4. The minimum Gasteiger partial charge on any atom is -0.381 e. The molecule has 0 saturated heterocycles. The molecule has 9 nitrogen and oxygen atoms in total. The molecule has 2 rings (SSSR count). The molecule has 0 fully saturated rings. The molecule has 10 heteroatoms. The Bertz CT molecular complexity index is 674. The zero-order chi connectivity index (χ0) is 14.0. The third kappa shape index (κ3) is 2.90. The molecule has 0 aliphatic heterocycles. The highest BCUT2D eigenvalue weighted by Crippen LogP contribution is 2.16. The third-order valence-corrected chi connectivity index (χ3v) is 3.78. The van der Waals surface area contributed by atoms with Crippen molar-refractivity contribution < 1.29 is 12.9 Å². The number of hydrogen-bond acceptors (Lipinski definition) is 7. The minimum absolute atomic E-state index is 0.0429. The molecule has 2 aromatic heterocycles. The summed E-state index contributed by atoms with van der Waals surface area (Å²) in [4.78, 5) is 3.83. The van der Waals surface area contributed by atoms with Crippen LogP contribution in [-0.2, 0) is 23.1 Å². The number of rotatable bonds is 5. The number of nitrogen functional groups attached to an aromatic ring is 1. The summed E-state index contributed by atoms with van der Waals surface area (Å²) in [6.07, 6.45) is 1.37. The van der Waals surface area contributed by atoms with Gasteiger partial charge in [-0.05, 0) is 6.92 Å². The van der Waals surface area contributed by atoms with Gasteiger partial charge >= 0.3 is 0 Å². The molecule has 0 atom stereocenters. The van der Waals surface area contributed by atoms with Gasteiger partial charge < -0.3 is 10.3 Å². The van der Waals surface area contributed by atoms with Gasteiger partial charge in [-0.25, -0.2) is 13.1 Å². The fourth-order valence-electron chi connectivity index (χ4n) is 1.44. The van der Waals surface area contributed by atoms with Crippen LogP contribution in [0.2, 0.25) is 0 Å². The number of hydrogen-bond donors (Lipinski definition) is 2. The van der Waals surface area contributed by atoms with Gasteiger partial charge in [0.05, 0.1) is 6.54 Å². The van der Waals surface area contributed by atoms with E-state index in [1.54, 1.807) is 6.92 Å². The summed E-state index contributed by atoms with van der Waals surface area (Å²) >= 11 is 0. The summed E-state index contributed by atoms with van der Waals surface area (Å²) in [5, 5.41) is 7.47. The lowest BCUT2D eigenvalue weighted by atomic mass is 10.6. The Morgan fingerprint density at radius 3 is 2.79 bits per heavy atom. The van der Waals surface area contributed by atoms with Gasteiger partial charge in [0, 0.05) is 19.7 Å². The number of sulfonamides is 1. The van der Waals surface area contributed by atoms with Gasteiger partial charge in [-0.1, -0.05) is 5.16 Å². The van der Waals surface area contributed by atoms with E-state index >= 15 is 0 Å². The molecule has 0 aliphatic carbocycles. The average molecular weight is 286 g/mol. The molecule has 0 unspecified atom stereocenters. The minimum atomic E-state index is -3.75. The van der Waals surface area contributed by atoms with Gasteiger partial charge in [-0.15, -0.1) is 0 Å². The molecule has 0 aromatic carbocycles. The van der Waals surface area contributed by atoms with Crippen LogP contribution in [0.1, 0.15) is 18.6 Å². The quantitative estimate of drug-likeness (QED) is 0.768. The predicted molar refractivity (Wildman–Crippen MR) is 65.4 cm³/mol. The van der Waals surface area contributed by atoms with Crippen molar-refractivity contribution in [1.29, 1.82) is 0 Å². The van der Waals surface area contributed by atoms with E-state index in [4.69, 9.17) is 10.3 Å². The first-order valence-electron chi connectivity index (χ1n) is 5.54. The first-order valence-corrected chi connectivity index (χ1v) is 7.02. The molecular weight excluding hydrogens is 272 g/mol. The van der Waals surface area contributed by atoms with Crippen molar-refractivity contribution >= 4 is 15.8 Å². The summed E-state index contributed by atoms with van der Waals surface area (Å²) < 4.78 is 32.6. The van der Waals surface area contributed by atoms with Crippen molar-refractivity contribution in [3.63, 3.8) is 0 Å². The second-order valence-electron chi connectivity index (χ2n) is 3.79. The zero-order valence-corrected chi connectivity index (χ0v) is 11.3. The molecule has 0 aliphatic rings. The Balaban J connectivity index is 2.15. The fourth-order valence-corrected chi connectivity index (χ4v) is 2.49. The molecule has 2 heterocycles. The molecule has 0 radical (unpaired) electrons. The second kappa shape index (κ2) is 4.97. The van der Waals surface area contributed by atoms with Crippen molar-refractivity contribution in [2.24, 2.45) is 0 Å². The Morgan fingerprint density at radius 1 is 1.53 bits per heavy atom. The Morgan fingerprint density at radius 2 is 2.26 bits per heavy atom. The van der Waals surface area contributed by atoms with E-state index < -0.39 is 10.0 Å². The van der Waals surface area contributed by atoms with E-state index in [0.29, 0.717) is 12.4 Å². The van der Waals surface area contributed by atoms with E-state index in [1.165, 1.54) is 10.9 Å². The third-order valence-electron chi connectivity index (χ3n) is 2.36. The van der Waals surface area contributed by atoms with Gasteiger partial charge in [0.2, 0.25) is 15.9 Å². The number of nitrogens with two attached hydrogens (primary N) is 1. The van der Waals surface area contributed by atoms with Crippen LogP contribution < -0.4 is 10.5 Å². The smallest absolute Gasteiger partial charge is 0.246 e. The van der Waals surface area contributed by atoms with Gasteiger partial charge in [-0.2, -0.15) is 10.1 Å². The van der Waals surface area contributed by atoms with E-state index in [1.807, 2.05) is 6.92 Å². The molecule has 104 valence electrons. The SMILES string of the molecule is CCn1cc(S(=O)(=O)NCc2noc(C)n2)c(N)n1. The van der Waals surface area contributed by atoms with Crippen molar-refractivity contribution in [3.8, 4) is 0 Å². The van der Waals surface area contributed by atoms with Crippen LogP contribution in [0.5, 0.6) is 0 Å². The van der Waals surface area contributed by atoms with E-state index in [-0.39, 0.29) is 23.1 Å². The summed E-state index contributed by atoms with van der Waals surface area (Å²) in [6, 6.07) is 0. The van der Waals surface area contributed by atoms with Crippen LogP contribution in [-0.4, -0.2) is 28.3 Å². The predicted octanol–water partition coefficient (Wildman–Crippen LogP) is -0.345. The molecule has 2 aromatic rings. The molecule has 3 N–H and O–H groups in total.